The van der Waals surface area contributed by atoms with Gasteiger partial charge in [0.1, 0.15) is 0 Å². The Morgan fingerprint density at radius 2 is 2.05 bits per heavy atom. The summed E-state index contributed by atoms with van der Waals surface area (Å²) in [6, 6.07) is 1.12. The van der Waals surface area contributed by atoms with Gasteiger partial charge in [-0.25, -0.2) is 0 Å². The summed E-state index contributed by atoms with van der Waals surface area (Å²) < 4.78 is 0. The van der Waals surface area contributed by atoms with Gasteiger partial charge >= 0.3 is 0 Å². The highest BCUT2D eigenvalue weighted by molar-refractivity contribution is 5.38. The molecule has 0 aromatic rings. The number of hydrogen-bond donors (Lipinski definition) is 2. The van der Waals surface area contributed by atoms with Crippen LogP contribution in [0.2, 0.25) is 0 Å². The van der Waals surface area contributed by atoms with Gasteiger partial charge in [0.25, 0.3) is 0 Å². The third-order valence-corrected chi connectivity index (χ3v) is 5.21. The molecule has 0 aromatic heterocycles. The van der Waals surface area contributed by atoms with Crippen LogP contribution >= 0.6 is 0 Å². The molecule has 20 heavy (non-hydrogen) atoms. The molecule has 3 heteroatoms. The van der Waals surface area contributed by atoms with Crippen LogP contribution in [0.25, 0.3) is 0 Å². The van der Waals surface area contributed by atoms with Crippen LogP contribution in [0, 0.1) is 5.92 Å². The zero-order chi connectivity index (χ0) is 13.4. The summed E-state index contributed by atoms with van der Waals surface area (Å²) in [5, 5.41) is 7.67. The monoisotopic (exact) mass is 271 g/mol. The average molecular weight is 271 g/mol. The minimum absolute atomic E-state index is 0.440. The summed E-state index contributed by atoms with van der Waals surface area (Å²) in [7, 11) is 0. The Labute approximate surface area is 121 Å². The van der Waals surface area contributed by atoms with Crippen LogP contribution in [0.3, 0.4) is 0 Å². The molecular formula is C17H25N3. The molecule has 2 aliphatic heterocycles. The van der Waals surface area contributed by atoms with Crippen LogP contribution in [0.15, 0.2) is 36.0 Å². The number of likely N-dealkylation sites (tertiary alicyclic amines) is 1. The second-order valence-electron chi connectivity index (χ2n) is 6.59. The van der Waals surface area contributed by atoms with Crippen LogP contribution in [0.4, 0.5) is 0 Å². The largest absolute Gasteiger partial charge is 0.300 e. The smallest absolute Gasteiger partial charge is 0.0710 e. The Bertz CT molecular complexity index is 445. The van der Waals surface area contributed by atoms with Gasteiger partial charge < -0.3 is 4.90 Å². The molecule has 0 aromatic carbocycles. The standard InChI is InChI=1S/C17H25N3/c1-2-10-20(11-3-1)12-16-18-14-8-4-6-13-7-5-9-15(19-16)17(13)14/h4-8,14-19H,1-3,9-12H2. The second kappa shape index (κ2) is 5.47. The van der Waals surface area contributed by atoms with Crippen molar-refractivity contribution in [2.75, 3.05) is 19.6 Å². The lowest BCUT2D eigenvalue weighted by Crippen LogP contribution is -2.66. The van der Waals surface area contributed by atoms with Gasteiger partial charge in [-0.1, -0.05) is 36.8 Å². The lowest BCUT2D eigenvalue weighted by molar-refractivity contribution is 0.139. The summed E-state index contributed by atoms with van der Waals surface area (Å²) in [5.41, 5.74) is 1.49. The molecule has 2 N–H and O–H groups in total. The molecule has 2 saturated heterocycles. The van der Waals surface area contributed by atoms with Crippen molar-refractivity contribution in [1.29, 1.82) is 0 Å². The van der Waals surface area contributed by atoms with Crippen LogP contribution in [0.5, 0.6) is 0 Å². The molecule has 0 radical (unpaired) electrons. The van der Waals surface area contributed by atoms with E-state index in [0.29, 0.717) is 24.2 Å². The van der Waals surface area contributed by atoms with E-state index in [9.17, 15) is 0 Å². The molecule has 4 atom stereocenters. The molecule has 2 heterocycles. The minimum atomic E-state index is 0.440. The molecule has 108 valence electrons. The molecule has 2 fully saturated rings. The van der Waals surface area contributed by atoms with E-state index in [-0.39, 0.29) is 0 Å². The predicted molar refractivity (Wildman–Crippen MR) is 82.4 cm³/mol. The van der Waals surface area contributed by atoms with E-state index >= 15 is 0 Å². The van der Waals surface area contributed by atoms with Crippen molar-refractivity contribution in [3.8, 4) is 0 Å². The van der Waals surface area contributed by atoms with Crippen molar-refractivity contribution < 1.29 is 0 Å². The van der Waals surface area contributed by atoms with Gasteiger partial charge in [0.2, 0.25) is 0 Å². The number of hydrogen-bond acceptors (Lipinski definition) is 3. The molecule has 0 saturated carbocycles. The van der Waals surface area contributed by atoms with E-state index in [1.165, 1.54) is 44.3 Å². The summed E-state index contributed by atoms with van der Waals surface area (Å²) in [5.74, 6) is 0.627. The first-order valence-corrected chi connectivity index (χ1v) is 8.19. The summed E-state index contributed by atoms with van der Waals surface area (Å²) >= 11 is 0. The summed E-state index contributed by atoms with van der Waals surface area (Å²) in [6.07, 6.45) is 17.3. The molecule has 0 amide bonds. The van der Waals surface area contributed by atoms with Gasteiger partial charge in [0.05, 0.1) is 6.17 Å². The number of allylic oxidation sites excluding steroid dienone is 3. The number of piperidine rings is 1. The Morgan fingerprint density at radius 1 is 1.15 bits per heavy atom. The van der Waals surface area contributed by atoms with Crippen molar-refractivity contribution >= 4 is 0 Å². The number of nitrogens with one attached hydrogen (secondary N) is 2. The van der Waals surface area contributed by atoms with E-state index in [4.69, 9.17) is 0 Å². The van der Waals surface area contributed by atoms with E-state index < -0.39 is 0 Å². The van der Waals surface area contributed by atoms with Gasteiger partial charge in [-0.2, -0.15) is 0 Å². The van der Waals surface area contributed by atoms with E-state index in [1.54, 1.807) is 0 Å². The lowest BCUT2D eigenvalue weighted by Gasteiger charge is -2.47. The first-order chi connectivity index (χ1) is 9.90. The van der Waals surface area contributed by atoms with Crippen LogP contribution in [-0.4, -0.2) is 42.8 Å². The van der Waals surface area contributed by atoms with Gasteiger partial charge in [0, 0.05) is 24.5 Å². The SMILES string of the molecule is C1=CC2NC(CN3CCCCC3)NC3CC=CC(=C1)C23. The molecular weight excluding hydrogens is 246 g/mol. The fraction of sp³-hybridized carbons (Fsp3) is 0.647. The minimum Gasteiger partial charge on any atom is -0.300 e. The maximum atomic E-state index is 3.85. The molecule has 4 unspecified atom stereocenters. The molecule has 0 spiro atoms. The van der Waals surface area contributed by atoms with Crippen molar-refractivity contribution in [3.05, 3.63) is 36.0 Å². The van der Waals surface area contributed by atoms with Crippen LogP contribution < -0.4 is 10.6 Å². The summed E-state index contributed by atoms with van der Waals surface area (Å²) in [4.78, 5) is 2.62. The summed E-state index contributed by atoms with van der Waals surface area (Å²) in [6.45, 7) is 3.70. The van der Waals surface area contributed by atoms with Crippen LogP contribution in [0.1, 0.15) is 25.7 Å². The maximum absolute atomic E-state index is 3.85. The quantitative estimate of drug-likeness (QED) is 0.802. The fourth-order valence-electron chi connectivity index (χ4n) is 4.25. The lowest BCUT2D eigenvalue weighted by atomic mass is 9.75. The molecule has 3 nitrogen and oxygen atoms in total. The Balaban J connectivity index is 1.45. The molecule has 4 aliphatic rings. The number of nitrogens with zero attached hydrogens (tertiary/aromatic N) is 1. The fourth-order valence-corrected chi connectivity index (χ4v) is 4.25. The van der Waals surface area contributed by atoms with Crippen molar-refractivity contribution in [2.24, 2.45) is 5.92 Å². The second-order valence-corrected chi connectivity index (χ2v) is 6.59. The van der Waals surface area contributed by atoms with Gasteiger partial charge in [-0.3, -0.25) is 10.6 Å². The molecule has 4 rings (SSSR count). The normalized spacial score (nSPS) is 40.3. The third-order valence-electron chi connectivity index (χ3n) is 5.21. The highest BCUT2D eigenvalue weighted by Crippen LogP contribution is 2.33. The van der Waals surface area contributed by atoms with Crippen molar-refractivity contribution in [1.82, 2.24) is 15.5 Å². The predicted octanol–water partition coefficient (Wildman–Crippen LogP) is 1.80. The Morgan fingerprint density at radius 3 is 2.95 bits per heavy atom. The third kappa shape index (κ3) is 2.39. The Hall–Kier alpha value is -0.900. The van der Waals surface area contributed by atoms with E-state index in [1.807, 2.05) is 0 Å². The molecule has 2 aliphatic carbocycles. The zero-order valence-corrected chi connectivity index (χ0v) is 12.1. The maximum Gasteiger partial charge on any atom is 0.0710 e. The first kappa shape index (κ1) is 12.8. The van der Waals surface area contributed by atoms with E-state index in [2.05, 4.69) is 45.9 Å². The molecule has 0 bridgehead atoms. The number of rotatable bonds is 2. The van der Waals surface area contributed by atoms with Crippen molar-refractivity contribution in [3.63, 3.8) is 0 Å². The van der Waals surface area contributed by atoms with Gasteiger partial charge in [-0.05, 0) is 37.9 Å². The van der Waals surface area contributed by atoms with Gasteiger partial charge in [0.15, 0.2) is 0 Å². The average Bonchev–Trinajstić information content (AvgIpc) is 2.49. The highest BCUT2D eigenvalue weighted by Gasteiger charge is 2.39. The van der Waals surface area contributed by atoms with Crippen LogP contribution in [-0.2, 0) is 0 Å². The van der Waals surface area contributed by atoms with E-state index in [0.717, 1.165) is 6.54 Å². The first-order valence-electron chi connectivity index (χ1n) is 8.19. The van der Waals surface area contributed by atoms with Crippen molar-refractivity contribution in [2.45, 2.75) is 43.9 Å². The topological polar surface area (TPSA) is 27.3 Å². The Kier molecular flexibility index (Phi) is 3.51. The van der Waals surface area contributed by atoms with Gasteiger partial charge in [-0.15, -0.1) is 0 Å². The zero-order valence-electron chi connectivity index (χ0n) is 12.1. The highest BCUT2D eigenvalue weighted by atomic mass is 15.3.